The van der Waals surface area contributed by atoms with Gasteiger partial charge in [-0.05, 0) is 25.1 Å². The van der Waals surface area contributed by atoms with E-state index in [-0.39, 0.29) is 10.8 Å². The molecule has 2 heterocycles. The predicted octanol–water partition coefficient (Wildman–Crippen LogP) is 1.95. The van der Waals surface area contributed by atoms with Crippen molar-refractivity contribution in [2.45, 2.75) is 11.8 Å². The van der Waals surface area contributed by atoms with Gasteiger partial charge in [-0.15, -0.1) is 11.3 Å². The summed E-state index contributed by atoms with van der Waals surface area (Å²) in [7, 11) is -0.628. The molecule has 6 nitrogen and oxygen atoms in total. The molecule has 0 fully saturated rings. The number of aryl methyl sites for hydroxylation is 1. The Morgan fingerprint density at radius 1 is 1.33 bits per heavy atom. The van der Waals surface area contributed by atoms with Crippen LogP contribution in [-0.4, -0.2) is 37.7 Å². The van der Waals surface area contributed by atoms with Crippen molar-refractivity contribution in [2.24, 2.45) is 0 Å². The van der Waals surface area contributed by atoms with Gasteiger partial charge in [0.2, 0.25) is 10.0 Å². The topological polar surface area (TPSA) is 79.4 Å². The van der Waals surface area contributed by atoms with Crippen LogP contribution in [0.25, 0.3) is 0 Å². The average molecular weight is 325 g/mol. The van der Waals surface area contributed by atoms with Crippen molar-refractivity contribution >= 4 is 33.1 Å². The van der Waals surface area contributed by atoms with Crippen LogP contribution >= 0.6 is 11.3 Å². The molecule has 8 heteroatoms. The van der Waals surface area contributed by atoms with Gasteiger partial charge in [-0.1, -0.05) is 6.07 Å². The van der Waals surface area contributed by atoms with Crippen molar-refractivity contribution in [3.8, 4) is 0 Å². The lowest BCUT2D eigenvalue weighted by atomic mass is 10.4. The highest BCUT2D eigenvalue weighted by molar-refractivity contribution is 7.89. The first-order valence-corrected chi connectivity index (χ1v) is 8.33. The number of carbonyl (C=O) groups excluding carboxylic acids is 1. The molecule has 1 N–H and O–H groups in total. The standard InChI is InChI=1S/C13H15N3O3S2/c1-9-11(21(18,19)16(2)3)8-10(20-9)13(17)15-12-6-4-5-7-14-12/h4-8H,1-3H3,(H,14,15,17). The summed E-state index contributed by atoms with van der Waals surface area (Å²) in [5.74, 6) is 0.0487. The number of nitrogens with zero attached hydrogens (tertiary/aromatic N) is 2. The van der Waals surface area contributed by atoms with Gasteiger partial charge in [-0.2, -0.15) is 0 Å². The fourth-order valence-electron chi connectivity index (χ4n) is 1.64. The quantitative estimate of drug-likeness (QED) is 0.932. The molecular formula is C13H15N3O3S2. The van der Waals surface area contributed by atoms with Crippen LogP contribution in [0.2, 0.25) is 0 Å². The van der Waals surface area contributed by atoms with Gasteiger partial charge in [-0.3, -0.25) is 4.79 Å². The van der Waals surface area contributed by atoms with Crippen LogP contribution in [-0.2, 0) is 10.0 Å². The second-order valence-electron chi connectivity index (χ2n) is 4.49. The Morgan fingerprint density at radius 2 is 2.05 bits per heavy atom. The third kappa shape index (κ3) is 3.29. The van der Waals surface area contributed by atoms with Gasteiger partial charge in [0.1, 0.15) is 5.82 Å². The molecule has 1 amide bonds. The van der Waals surface area contributed by atoms with Gasteiger partial charge in [0, 0.05) is 25.2 Å². The summed E-state index contributed by atoms with van der Waals surface area (Å²) in [6.07, 6.45) is 1.57. The molecule has 112 valence electrons. The van der Waals surface area contributed by atoms with Crippen LogP contribution in [0, 0.1) is 6.92 Å². The number of hydrogen-bond acceptors (Lipinski definition) is 5. The maximum absolute atomic E-state index is 12.1. The van der Waals surface area contributed by atoms with E-state index in [1.807, 2.05) is 0 Å². The summed E-state index contributed by atoms with van der Waals surface area (Å²) in [4.78, 5) is 17.2. The number of pyridine rings is 1. The van der Waals surface area contributed by atoms with Crippen molar-refractivity contribution in [3.63, 3.8) is 0 Å². The largest absolute Gasteiger partial charge is 0.306 e. The fraction of sp³-hybridized carbons (Fsp3) is 0.231. The molecule has 0 aromatic carbocycles. The van der Waals surface area contributed by atoms with Crippen LogP contribution in [0.4, 0.5) is 5.82 Å². The minimum Gasteiger partial charge on any atom is -0.306 e. The number of aromatic nitrogens is 1. The summed E-state index contributed by atoms with van der Waals surface area (Å²) in [5.41, 5.74) is 0. The second kappa shape index (κ2) is 5.92. The Bertz CT molecular complexity index is 752. The Hall–Kier alpha value is -1.77. The molecule has 0 saturated carbocycles. The zero-order chi connectivity index (χ0) is 15.6. The van der Waals surface area contributed by atoms with E-state index in [1.165, 1.54) is 20.2 Å². The Morgan fingerprint density at radius 3 is 2.62 bits per heavy atom. The number of hydrogen-bond donors (Lipinski definition) is 1. The van der Waals surface area contributed by atoms with E-state index in [0.29, 0.717) is 15.6 Å². The zero-order valence-electron chi connectivity index (χ0n) is 11.8. The molecule has 0 radical (unpaired) electrons. The van der Waals surface area contributed by atoms with Crippen LogP contribution in [0.5, 0.6) is 0 Å². The SMILES string of the molecule is Cc1sc(C(=O)Nc2ccccn2)cc1S(=O)(=O)N(C)C. The molecular weight excluding hydrogens is 310 g/mol. The molecule has 2 aromatic heterocycles. The molecule has 0 atom stereocenters. The normalized spacial score (nSPS) is 11.6. The second-order valence-corrected chi connectivity index (χ2v) is 7.86. The molecule has 2 rings (SSSR count). The summed E-state index contributed by atoms with van der Waals surface area (Å²) < 4.78 is 25.4. The number of amides is 1. The van der Waals surface area contributed by atoms with Gasteiger partial charge in [-0.25, -0.2) is 17.7 Å². The predicted molar refractivity (Wildman–Crippen MR) is 82.1 cm³/mol. The first kappa shape index (κ1) is 15.6. The summed E-state index contributed by atoms with van der Waals surface area (Å²) >= 11 is 1.14. The molecule has 21 heavy (non-hydrogen) atoms. The number of carbonyl (C=O) groups is 1. The highest BCUT2D eigenvalue weighted by atomic mass is 32.2. The van der Waals surface area contributed by atoms with Crippen LogP contribution in [0.3, 0.4) is 0 Å². The van der Waals surface area contributed by atoms with Crippen LogP contribution < -0.4 is 5.32 Å². The van der Waals surface area contributed by atoms with Crippen molar-refractivity contribution in [2.75, 3.05) is 19.4 Å². The lowest BCUT2D eigenvalue weighted by molar-refractivity contribution is 0.103. The Kier molecular flexibility index (Phi) is 4.40. The van der Waals surface area contributed by atoms with Gasteiger partial charge in [0.25, 0.3) is 5.91 Å². The van der Waals surface area contributed by atoms with E-state index in [0.717, 1.165) is 15.6 Å². The molecule has 0 bridgehead atoms. The van der Waals surface area contributed by atoms with Gasteiger partial charge in [0.05, 0.1) is 9.77 Å². The molecule has 0 aliphatic heterocycles. The van der Waals surface area contributed by atoms with Crippen LogP contribution in [0.1, 0.15) is 14.5 Å². The van der Waals surface area contributed by atoms with E-state index in [2.05, 4.69) is 10.3 Å². The first-order valence-electron chi connectivity index (χ1n) is 6.07. The van der Waals surface area contributed by atoms with Crippen molar-refractivity contribution in [1.29, 1.82) is 0 Å². The monoisotopic (exact) mass is 325 g/mol. The average Bonchev–Trinajstić information content (AvgIpc) is 2.82. The van der Waals surface area contributed by atoms with Crippen molar-refractivity contribution in [1.82, 2.24) is 9.29 Å². The summed E-state index contributed by atoms with van der Waals surface area (Å²) in [6, 6.07) is 6.56. The lowest BCUT2D eigenvalue weighted by Gasteiger charge is -2.10. The van der Waals surface area contributed by atoms with Crippen molar-refractivity contribution in [3.05, 3.63) is 40.2 Å². The minimum absolute atomic E-state index is 0.156. The minimum atomic E-state index is -3.54. The number of thiophene rings is 1. The Balaban J connectivity index is 2.29. The molecule has 0 aliphatic carbocycles. The molecule has 0 unspecified atom stereocenters. The summed E-state index contributed by atoms with van der Waals surface area (Å²) in [5, 5.41) is 2.63. The van der Waals surface area contributed by atoms with Gasteiger partial charge >= 0.3 is 0 Å². The number of rotatable bonds is 4. The lowest BCUT2D eigenvalue weighted by Crippen LogP contribution is -2.22. The highest BCUT2D eigenvalue weighted by Gasteiger charge is 2.24. The third-order valence-corrected chi connectivity index (χ3v) is 5.88. The van der Waals surface area contributed by atoms with Gasteiger partial charge in [0.15, 0.2) is 0 Å². The number of anilines is 1. The van der Waals surface area contributed by atoms with E-state index in [9.17, 15) is 13.2 Å². The van der Waals surface area contributed by atoms with E-state index < -0.39 is 10.0 Å². The molecule has 2 aromatic rings. The summed E-state index contributed by atoms with van der Waals surface area (Å²) in [6.45, 7) is 1.68. The van der Waals surface area contributed by atoms with Gasteiger partial charge < -0.3 is 5.32 Å². The molecule has 0 saturated heterocycles. The fourth-order valence-corrected chi connectivity index (χ4v) is 3.99. The molecule has 0 aliphatic rings. The van der Waals surface area contributed by atoms with E-state index in [1.54, 1.807) is 31.3 Å². The van der Waals surface area contributed by atoms with E-state index >= 15 is 0 Å². The maximum Gasteiger partial charge on any atom is 0.266 e. The highest BCUT2D eigenvalue weighted by Crippen LogP contribution is 2.27. The van der Waals surface area contributed by atoms with Crippen LogP contribution in [0.15, 0.2) is 35.4 Å². The number of nitrogens with one attached hydrogen (secondary N) is 1. The smallest absolute Gasteiger partial charge is 0.266 e. The zero-order valence-corrected chi connectivity index (χ0v) is 13.5. The first-order chi connectivity index (χ1) is 9.82. The van der Waals surface area contributed by atoms with E-state index in [4.69, 9.17) is 0 Å². The number of sulfonamides is 1. The third-order valence-electron chi connectivity index (χ3n) is 2.76. The van der Waals surface area contributed by atoms with Crippen molar-refractivity contribution < 1.29 is 13.2 Å². The Labute approximate surface area is 127 Å². The molecule has 0 spiro atoms. The maximum atomic E-state index is 12.1.